The molecule has 0 aromatic heterocycles. The van der Waals surface area contributed by atoms with E-state index in [4.69, 9.17) is 0 Å². The minimum Gasteiger partial charge on any atom is -0.325 e. The molecule has 1 amide bonds. The molecule has 8 nitrogen and oxygen atoms in total. The van der Waals surface area contributed by atoms with E-state index in [0.29, 0.717) is 5.69 Å². The lowest BCUT2D eigenvalue weighted by Crippen LogP contribution is -2.34. The Labute approximate surface area is 159 Å². The Kier molecular flexibility index (Phi) is 6.24. The van der Waals surface area contributed by atoms with E-state index in [9.17, 15) is 21.6 Å². The topological polar surface area (TPSA) is 104 Å². The summed E-state index contributed by atoms with van der Waals surface area (Å²) in [6.45, 7) is -0.375. The van der Waals surface area contributed by atoms with Gasteiger partial charge in [0.2, 0.25) is 15.9 Å². The monoisotopic (exact) mass is 411 g/mol. The molecular formula is C17H21N3O5S2. The lowest BCUT2D eigenvalue weighted by Gasteiger charge is -2.20. The Hall–Kier alpha value is -2.43. The number of hydrogen-bond acceptors (Lipinski definition) is 5. The van der Waals surface area contributed by atoms with Crippen molar-refractivity contribution in [3.8, 4) is 0 Å². The third-order valence-corrected chi connectivity index (χ3v) is 6.87. The highest BCUT2D eigenvalue weighted by atomic mass is 32.2. The van der Waals surface area contributed by atoms with Crippen molar-refractivity contribution in [1.82, 2.24) is 4.31 Å². The van der Waals surface area contributed by atoms with Gasteiger partial charge in [-0.05, 0) is 30.3 Å². The Balaban J connectivity index is 2.20. The zero-order chi connectivity index (χ0) is 20.2. The van der Waals surface area contributed by atoms with Gasteiger partial charge in [0, 0.05) is 19.8 Å². The maximum Gasteiger partial charge on any atom is 0.264 e. The van der Waals surface area contributed by atoms with Crippen LogP contribution in [0.15, 0.2) is 59.5 Å². The Bertz CT molecular complexity index is 1020. The SMILES string of the molecule is CN(CC(=O)Nc1cccc(S(=O)(=O)N(C)c2ccccc2)c1)S(C)(=O)=O. The van der Waals surface area contributed by atoms with Gasteiger partial charge < -0.3 is 5.32 Å². The molecule has 0 atom stereocenters. The zero-order valence-corrected chi connectivity index (χ0v) is 16.8. The predicted molar refractivity (Wildman–Crippen MR) is 105 cm³/mol. The third kappa shape index (κ3) is 5.28. The minimum atomic E-state index is -3.82. The van der Waals surface area contributed by atoms with Crippen molar-refractivity contribution < 1.29 is 21.6 Å². The summed E-state index contributed by atoms with van der Waals surface area (Å²) in [5, 5.41) is 2.51. The number of amides is 1. The van der Waals surface area contributed by atoms with Crippen molar-refractivity contribution in [3.63, 3.8) is 0 Å². The molecule has 0 fully saturated rings. The van der Waals surface area contributed by atoms with Gasteiger partial charge in [-0.1, -0.05) is 24.3 Å². The number of anilines is 2. The molecule has 0 aliphatic rings. The van der Waals surface area contributed by atoms with Crippen LogP contribution in [0.25, 0.3) is 0 Å². The molecule has 0 saturated heterocycles. The summed E-state index contributed by atoms with van der Waals surface area (Å²) in [6.07, 6.45) is 0.993. The van der Waals surface area contributed by atoms with Crippen LogP contribution in [0.5, 0.6) is 0 Å². The van der Waals surface area contributed by atoms with Crippen molar-refractivity contribution >= 4 is 37.3 Å². The highest BCUT2D eigenvalue weighted by Crippen LogP contribution is 2.23. The number of para-hydroxylation sites is 1. The first-order valence-electron chi connectivity index (χ1n) is 7.87. The van der Waals surface area contributed by atoms with Crippen molar-refractivity contribution in [2.45, 2.75) is 4.90 Å². The lowest BCUT2D eigenvalue weighted by atomic mass is 10.3. The predicted octanol–water partition coefficient (Wildman–Crippen LogP) is 1.34. The normalized spacial score (nSPS) is 12.0. The van der Waals surface area contributed by atoms with E-state index in [0.717, 1.165) is 14.9 Å². The number of nitrogens with zero attached hydrogens (tertiary/aromatic N) is 2. The summed E-state index contributed by atoms with van der Waals surface area (Å²) in [6, 6.07) is 14.4. The molecule has 1 N–H and O–H groups in total. The molecular weight excluding hydrogens is 390 g/mol. The zero-order valence-electron chi connectivity index (χ0n) is 15.2. The number of carbonyl (C=O) groups excluding carboxylic acids is 1. The molecule has 0 radical (unpaired) electrons. The Morgan fingerprint density at radius 2 is 1.59 bits per heavy atom. The molecule has 0 aliphatic heterocycles. The Morgan fingerprint density at radius 3 is 2.19 bits per heavy atom. The van der Waals surface area contributed by atoms with Crippen LogP contribution in [0, 0.1) is 0 Å². The molecule has 0 spiro atoms. The molecule has 10 heteroatoms. The summed E-state index contributed by atoms with van der Waals surface area (Å²) >= 11 is 0. The maximum atomic E-state index is 12.8. The molecule has 2 aromatic carbocycles. The molecule has 0 bridgehead atoms. The smallest absolute Gasteiger partial charge is 0.264 e. The van der Waals surface area contributed by atoms with Crippen molar-refractivity contribution in [3.05, 3.63) is 54.6 Å². The maximum absolute atomic E-state index is 12.8. The van der Waals surface area contributed by atoms with Crippen LogP contribution in [0.1, 0.15) is 0 Å². The molecule has 0 heterocycles. The van der Waals surface area contributed by atoms with E-state index < -0.39 is 26.0 Å². The van der Waals surface area contributed by atoms with Gasteiger partial charge in [-0.3, -0.25) is 9.10 Å². The van der Waals surface area contributed by atoms with E-state index in [1.165, 1.54) is 38.4 Å². The minimum absolute atomic E-state index is 0.00289. The fourth-order valence-electron chi connectivity index (χ4n) is 2.19. The van der Waals surface area contributed by atoms with Gasteiger partial charge in [-0.25, -0.2) is 16.8 Å². The third-order valence-electron chi connectivity index (χ3n) is 3.83. The van der Waals surface area contributed by atoms with Gasteiger partial charge >= 0.3 is 0 Å². The lowest BCUT2D eigenvalue weighted by molar-refractivity contribution is -0.116. The summed E-state index contributed by atoms with van der Waals surface area (Å²) in [5.41, 5.74) is 0.756. The number of benzene rings is 2. The molecule has 146 valence electrons. The average molecular weight is 412 g/mol. The highest BCUT2D eigenvalue weighted by Gasteiger charge is 2.22. The molecule has 2 rings (SSSR count). The van der Waals surface area contributed by atoms with E-state index in [-0.39, 0.29) is 17.1 Å². The highest BCUT2D eigenvalue weighted by molar-refractivity contribution is 7.92. The van der Waals surface area contributed by atoms with E-state index in [2.05, 4.69) is 5.32 Å². The standard InChI is InChI=1S/C17H21N3O5S2/c1-19(26(3,22)23)13-17(21)18-14-8-7-11-16(12-14)27(24,25)20(2)15-9-5-4-6-10-15/h4-12H,13H2,1-3H3,(H,18,21). The first-order chi connectivity index (χ1) is 12.5. The second kappa shape index (κ2) is 8.07. The summed E-state index contributed by atoms with van der Waals surface area (Å²) in [7, 11) is -4.59. The van der Waals surface area contributed by atoms with Crippen LogP contribution in [-0.2, 0) is 24.8 Å². The van der Waals surface area contributed by atoms with Gasteiger partial charge in [-0.15, -0.1) is 0 Å². The molecule has 27 heavy (non-hydrogen) atoms. The first-order valence-corrected chi connectivity index (χ1v) is 11.2. The molecule has 0 saturated carbocycles. The van der Waals surface area contributed by atoms with Crippen LogP contribution >= 0.6 is 0 Å². The molecule has 0 aliphatic carbocycles. The number of rotatable bonds is 7. The van der Waals surface area contributed by atoms with Crippen LogP contribution in [0.2, 0.25) is 0 Å². The molecule has 2 aromatic rings. The summed E-state index contributed by atoms with van der Waals surface area (Å²) in [5.74, 6) is -0.575. The van der Waals surface area contributed by atoms with Crippen LogP contribution in [0.3, 0.4) is 0 Å². The van der Waals surface area contributed by atoms with Crippen molar-refractivity contribution in [1.29, 1.82) is 0 Å². The second-order valence-corrected chi connectivity index (χ2v) is 9.96. The van der Waals surface area contributed by atoms with Crippen molar-refractivity contribution in [2.75, 3.05) is 36.5 Å². The van der Waals surface area contributed by atoms with E-state index in [1.54, 1.807) is 30.3 Å². The second-order valence-electron chi connectivity index (χ2n) is 5.90. The van der Waals surface area contributed by atoms with E-state index >= 15 is 0 Å². The van der Waals surface area contributed by atoms with Crippen molar-refractivity contribution in [2.24, 2.45) is 0 Å². The molecule has 0 unspecified atom stereocenters. The number of carbonyl (C=O) groups is 1. The van der Waals surface area contributed by atoms with Crippen LogP contribution in [-0.4, -0.2) is 53.9 Å². The summed E-state index contributed by atoms with van der Waals surface area (Å²) < 4.78 is 50.4. The number of sulfonamides is 2. The largest absolute Gasteiger partial charge is 0.325 e. The number of likely N-dealkylation sites (N-methyl/N-ethyl adjacent to an activating group) is 1. The van der Waals surface area contributed by atoms with Crippen LogP contribution < -0.4 is 9.62 Å². The fraction of sp³-hybridized carbons (Fsp3) is 0.235. The average Bonchev–Trinajstić information content (AvgIpc) is 2.61. The summed E-state index contributed by atoms with van der Waals surface area (Å²) in [4.78, 5) is 12.0. The quantitative estimate of drug-likeness (QED) is 0.740. The van der Waals surface area contributed by atoms with Gasteiger partial charge in [0.05, 0.1) is 23.4 Å². The van der Waals surface area contributed by atoms with Gasteiger partial charge in [0.25, 0.3) is 10.0 Å². The Morgan fingerprint density at radius 1 is 0.963 bits per heavy atom. The first kappa shape index (κ1) is 20.9. The van der Waals surface area contributed by atoms with E-state index in [1.807, 2.05) is 0 Å². The van der Waals surface area contributed by atoms with Gasteiger partial charge in [0.15, 0.2) is 0 Å². The number of nitrogens with one attached hydrogen (secondary N) is 1. The number of hydrogen-bond donors (Lipinski definition) is 1. The fourth-order valence-corrected chi connectivity index (χ4v) is 3.78. The van der Waals surface area contributed by atoms with Gasteiger partial charge in [-0.2, -0.15) is 4.31 Å². The van der Waals surface area contributed by atoms with Gasteiger partial charge in [0.1, 0.15) is 0 Å². The van der Waals surface area contributed by atoms with Crippen LogP contribution in [0.4, 0.5) is 11.4 Å².